The molecule has 0 atom stereocenters. The van der Waals surface area contributed by atoms with Crippen molar-refractivity contribution in [1.29, 1.82) is 0 Å². The van der Waals surface area contributed by atoms with Crippen molar-refractivity contribution in [2.24, 2.45) is 0 Å². The van der Waals surface area contributed by atoms with E-state index < -0.39 is 0 Å². The van der Waals surface area contributed by atoms with E-state index in [0.717, 1.165) is 44.3 Å². The summed E-state index contributed by atoms with van der Waals surface area (Å²) in [6, 6.07) is 7.70. The van der Waals surface area contributed by atoms with Gasteiger partial charge in [0.25, 0.3) is 11.8 Å². The van der Waals surface area contributed by atoms with Crippen molar-refractivity contribution in [2.45, 2.75) is 38.0 Å². The normalized spacial score (nSPS) is 17.6. The van der Waals surface area contributed by atoms with E-state index in [4.69, 9.17) is 12.2 Å². The second kappa shape index (κ2) is 8.86. The van der Waals surface area contributed by atoms with Crippen molar-refractivity contribution >= 4 is 29.5 Å². The van der Waals surface area contributed by atoms with Crippen molar-refractivity contribution < 1.29 is 9.59 Å². The van der Waals surface area contributed by atoms with Gasteiger partial charge in [0.05, 0.1) is 17.3 Å². The molecule has 7 nitrogen and oxygen atoms in total. The van der Waals surface area contributed by atoms with Crippen molar-refractivity contribution in [1.82, 2.24) is 24.4 Å². The summed E-state index contributed by atoms with van der Waals surface area (Å²) in [5, 5.41) is 4.40. The van der Waals surface area contributed by atoms with Crippen LogP contribution in [0.5, 0.6) is 0 Å². The topological polar surface area (TPSA) is 73.7 Å². The zero-order valence-corrected chi connectivity index (χ0v) is 18.8. The number of fused-ring (bicyclic) bond motifs is 1. The van der Waals surface area contributed by atoms with Crippen LogP contribution < -0.4 is 0 Å². The van der Waals surface area contributed by atoms with Crippen LogP contribution in [-0.4, -0.2) is 62.4 Å². The molecule has 2 amide bonds. The van der Waals surface area contributed by atoms with Gasteiger partial charge in [0.15, 0.2) is 0 Å². The first-order valence-corrected chi connectivity index (χ1v) is 11.8. The largest absolute Gasteiger partial charge is 0.353 e. The predicted molar refractivity (Wildman–Crippen MR) is 124 cm³/mol. The van der Waals surface area contributed by atoms with Crippen LogP contribution in [0.1, 0.15) is 64.3 Å². The summed E-state index contributed by atoms with van der Waals surface area (Å²) >= 11 is 5.14. The van der Waals surface area contributed by atoms with Gasteiger partial charge in [0, 0.05) is 44.1 Å². The number of nitrogens with zero attached hydrogens (tertiary/aromatic N) is 4. The molecule has 0 unspecified atom stereocenters. The third kappa shape index (κ3) is 4.07. The summed E-state index contributed by atoms with van der Waals surface area (Å²) in [6.45, 7) is 3.07. The van der Waals surface area contributed by atoms with E-state index in [2.05, 4.69) is 22.2 Å². The highest BCUT2D eigenvalue weighted by molar-refractivity contribution is 7.71. The zero-order valence-electron chi connectivity index (χ0n) is 18.0. The van der Waals surface area contributed by atoms with Crippen LogP contribution in [0.3, 0.4) is 0 Å². The highest BCUT2D eigenvalue weighted by atomic mass is 32.1. The molecule has 8 heteroatoms. The van der Waals surface area contributed by atoms with Gasteiger partial charge in [-0.2, -0.15) is 5.10 Å². The number of nitrogens with one attached hydrogen (secondary N) is 1. The number of aromatic amines is 1. The van der Waals surface area contributed by atoms with Gasteiger partial charge in [0.1, 0.15) is 4.64 Å². The lowest BCUT2D eigenvalue weighted by molar-refractivity contribution is 0.0709. The van der Waals surface area contributed by atoms with E-state index in [9.17, 15) is 9.59 Å². The molecule has 2 fully saturated rings. The summed E-state index contributed by atoms with van der Waals surface area (Å²) in [6.07, 6.45) is 10.5. The highest BCUT2D eigenvalue weighted by Gasteiger charge is 2.26. The fourth-order valence-electron chi connectivity index (χ4n) is 4.86. The fraction of sp³-hybridized carbons (Fsp3) is 0.417. The number of pyridine rings is 2. The number of carbonyl (C=O) groups excluding carboxylic acids is 2. The maximum Gasteiger partial charge on any atom is 0.257 e. The van der Waals surface area contributed by atoms with E-state index in [1.54, 1.807) is 29.0 Å². The standard InChI is InChI=1S/C24H27N5O2S/c30-23(19-4-8-25-22(32)15-19)28-11-5-17(6-12-28)18-7-13-29-21(14-18)20(16-26-29)24(31)27-9-2-1-3-10-27/h4,7-8,13-17H,1-3,5-6,9-12H2,(H,25,32). The van der Waals surface area contributed by atoms with Gasteiger partial charge in [-0.3, -0.25) is 9.59 Å². The lowest BCUT2D eigenvalue weighted by Crippen LogP contribution is -2.38. The monoisotopic (exact) mass is 449 g/mol. The number of carbonyl (C=O) groups is 2. The molecule has 1 N–H and O–H groups in total. The predicted octanol–water partition coefficient (Wildman–Crippen LogP) is 4.04. The van der Waals surface area contributed by atoms with E-state index in [0.29, 0.717) is 34.8 Å². The number of amides is 2. The lowest BCUT2D eigenvalue weighted by atomic mass is 9.89. The second-order valence-electron chi connectivity index (χ2n) is 8.71. The molecule has 0 aromatic carbocycles. The first-order chi connectivity index (χ1) is 15.6. The van der Waals surface area contributed by atoms with E-state index in [1.807, 2.05) is 16.0 Å². The Labute approximate surface area is 192 Å². The summed E-state index contributed by atoms with van der Waals surface area (Å²) in [5.74, 6) is 0.471. The molecule has 3 aromatic rings. The quantitative estimate of drug-likeness (QED) is 0.613. The molecular formula is C24H27N5O2S. The van der Waals surface area contributed by atoms with E-state index >= 15 is 0 Å². The number of H-pyrrole nitrogens is 1. The Bertz CT molecular complexity index is 1200. The van der Waals surface area contributed by atoms with Crippen molar-refractivity contribution in [3.63, 3.8) is 0 Å². The van der Waals surface area contributed by atoms with Crippen LogP contribution in [0, 0.1) is 4.64 Å². The maximum atomic E-state index is 13.1. The van der Waals surface area contributed by atoms with Gasteiger partial charge in [0.2, 0.25) is 0 Å². The summed E-state index contributed by atoms with van der Waals surface area (Å²) in [4.78, 5) is 32.6. The third-order valence-electron chi connectivity index (χ3n) is 6.69. The minimum atomic E-state index is 0.0317. The molecule has 5 rings (SSSR count). The average molecular weight is 450 g/mol. The van der Waals surface area contributed by atoms with Crippen molar-refractivity contribution in [3.05, 3.63) is 64.2 Å². The molecule has 2 aliphatic heterocycles. The lowest BCUT2D eigenvalue weighted by Gasteiger charge is -2.32. The molecule has 0 bridgehead atoms. The van der Waals surface area contributed by atoms with Crippen LogP contribution >= 0.6 is 12.2 Å². The Morgan fingerprint density at radius 1 is 0.969 bits per heavy atom. The average Bonchev–Trinajstić information content (AvgIpc) is 3.27. The number of rotatable bonds is 3. The van der Waals surface area contributed by atoms with Crippen LogP contribution in [0.2, 0.25) is 0 Å². The molecule has 2 saturated heterocycles. The van der Waals surface area contributed by atoms with Gasteiger partial charge in [-0.25, -0.2) is 4.52 Å². The van der Waals surface area contributed by atoms with Crippen LogP contribution in [0.25, 0.3) is 5.52 Å². The molecule has 2 aliphatic rings. The molecule has 32 heavy (non-hydrogen) atoms. The molecule has 0 saturated carbocycles. The summed E-state index contributed by atoms with van der Waals surface area (Å²) in [7, 11) is 0. The second-order valence-corrected chi connectivity index (χ2v) is 9.15. The smallest absolute Gasteiger partial charge is 0.257 e. The zero-order chi connectivity index (χ0) is 22.1. The molecule has 0 radical (unpaired) electrons. The van der Waals surface area contributed by atoms with Gasteiger partial charge in [-0.05, 0) is 67.9 Å². The maximum absolute atomic E-state index is 13.1. The van der Waals surface area contributed by atoms with E-state index in [-0.39, 0.29) is 11.8 Å². The van der Waals surface area contributed by atoms with Crippen LogP contribution in [0.4, 0.5) is 0 Å². The number of likely N-dealkylation sites (tertiary alicyclic amines) is 2. The number of hydrogen-bond donors (Lipinski definition) is 1. The molecule has 0 spiro atoms. The fourth-order valence-corrected chi connectivity index (χ4v) is 5.05. The highest BCUT2D eigenvalue weighted by Crippen LogP contribution is 2.30. The molecule has 5 heterocycles. The SMILES string of the molecule is O=C(c1cc[nH]c(=S)c1)N1CCC(c2ccn3ncc(C(=O)N4CCCCC4)c3c2)CC1. The van der Waals surface area contributed by atoms with Crippen molar-refractivity contribution in [3.8, 4) is 0 Å². The minimum Gasteiger partial charge on any atom is -0.353 e. The minimum absolute atomic E-state index is 0.0317. The third-order valence-corrected chi connectivity index (χ3v) is 6.93. The van der Waals surface area contributed by atoms with Gasteiger partial charge in [-0.1, -0.05) is 12.2 Å². The Balaban J connectivity index is 1.31. The Hall–Kier alpha value is -3.00. The molecule has 0 aliphatic carbocycles. The molecule has 166 valence electrons. The summed E-state index contributed by atoms with van der Waals surface area (Å²) < 4.78 is 2.35. The van der Waals surface area contributed by atoms with E-state index in [1.165, 1.54) is 12.0 Å². The summed E-state index contributed by atoms with van der Waals surface area (Å²) in [5.41, 5.74) is 3.39. The molecule has 3 aromatic heterocycles. The van der Waals surface area contributed by atoms with Crippen molar-refractivity contribution in [2.75, 3.05) is 26.2 Å². The van der Waals surface area contributed by atoms with Gasteiger partial charge < -0.3 is 14.8 Å². The van der Waals surface area contributed by atoms with Crippen LogP contribution in [0.15, 0.2) is 42.9 Å². The first kappa shape index (κ1) is 20.9. The van der Waals surface area contributed by atoms with Gasteiger partial charge >= 0.3 is 0 Å². The first-order valence-electron chi connectivity index (χ1n) is 11.3. The number of aromatic nitrogens is 3. The Kier molecular flexibility index (Phi) is 5.78. The number of hydrogen-bond acceptors (Lipinski definition) is 4. The Morgan fingerprint density at radius 3 is 2.47 bits per heavy atom. The molecular weight excluding hydrogens is 422 g/mol. The van der Waals surface area contributed by atoms with Crippen LogP contribution in [-0.2, 0) is 0 Å². The Morgan fingerprint density at radius 2 is 1.72 bits per heavy atom. The number of piperidine rings is 2. The van der Waals surface area contributed by atoms with Gasteiger partial charge in [-0.15, -0.1) is 0 Å².